The lowest BCUT2D eigenvalue weighted by atomic mass is 10.2. The van der Waals surface area contributed by atoms with Gasteiger partial charge in [-0.25, -0.2) is 4.98 Å². The normalized spacial score (nSPS) is 10.4. The van der Waals surface area contributed by atoms with Gasteiger partial charge in [-0.15, -0.1) is 0 Å². The molecule has 4 heteroatoms. The molecule has 0 aliphatic carbocycles. The fourth-order valence-electron chi connectivity index (χ4n) is 1.29. The van der Waals surface area contributed by atoms with Gasteiger partial charge < -0.3 is 8.98 Å². The van der Waals surface area contributed by atoms with Crippen molar-refractivity contribution in [2.45, 2.75) is 6.42 Å². The number of nitrogens with zero attached hydrogens (tertiary/aromatic N) is 2. The van der Waals surface area contributed by atoms with Crippen LogP contribution < -0.4 is 0 Å². The second kappa shape index (κ2) is 3.49. The Bertz CT molecular complexity index is 429. The largest absolute Gasteiger partial charge is 0.469 e. The van der Waals surface area contributed by atoms with Crippen molar-refractivity contribution >= 4 is 5.78 Å². The summed E-state index contributed by atoms with van der Waals surface area (Å²) >= 11 is 0. The fourth-order valence-corrected chi connectivity index (χ4v) is 1.29. The highest BCUT2D eigenvalue weighted by atomic mass is 16.3. The van der Waals surface area contributed by atoms with Gasteiger partial charge in [0.05, 0.1) is 25.2 Å². The Balaban J connectivity index is 2.14. The van der Waals surface area contributed by atoms with Crippen molar-refractivity contribution in [3.05, 3.63) is 42.4 Å². The molecule has 0 saturated carbocycles. The van der Waals surface area contributed by atoms with E-state index in [4.69, 9.17) is 4.42 Å². The molecule has 0 N–H and O–H groups in total. The zero-order valence-corrected chi connectivity index (χ0v) is 7.80. The molecule has 0 spiro atoms. The maximum atomic E-state index is 11.7. The molecule has 0 amide bonds. The first-order chi connectivity index (χ1) is 6.77. The predicted molar refractivity (Wildman–Crippen MR) is 50.0 cm³/mol. The molecule has 2 aromatic heterocycles. The molecule has 0 saturated heterocycles. The number of ketones is 1. The summed E-state index contributed by atoms with van der Waals surface area (Å²) in [6.07, 6.45) is 5.01. The molecule has 0 aliphatic rings. The number of carbonyl (C=O) groups excluding carboxylic acids is 1. The standard InChI is InChI=1S/C10H10N2O2/c1-12-7-11-6-9(12)10(13)5-8-3-2-4-14-8/h2-4,6-7H,5H2,1H3. The van der Waals surface area contributed by atoms with Crippen LogP contribution in [-0.4, -0.2) is 15.3 Å². The van der Waals surface area contributed by atoms with Crippen LogP contribution in [0.25, 0.3) is 0 Å². The lowest BCUT2D eigenvalue weighted by molar-refractivity contribution is 0.0979. The minimum atomic E-state index is 0.0138. The number of aromatic nitrogens is 2. The monoisotopic (exact) mass is 190 g/mol. The molecule has 0 aliphatic heterocycles. The summed E-state index contributed by atoms with van der Waals surface area (Å²) in [6.45, 7) is 0. The van der Waals surface area contributed by atoms with Gasteiger partial charge in [0.1, 0.15) is 11.5 Å². The molecule has 14 heavy (non-hydrogen) atoms. The van der Waals surface area contributed by atoms with E-state index < -0.39 is 0 Å². The van der Waals surface area contributed by atoms with E-state index in [0.29, 0.717) is 11.5 Å². The molecule has 0 fully saturated rings. The fraction of sp³-hybridized carbons (Fsp3) is 0.200. The maximum Gasteiger partial charge on any atom is 0.188 e. The van der Waals surface area contributed by atoms with Gasteiger partial charge in [0.2, 0.25) is 0 Å². The number of hydrogen-bond acceptors (Lipinski definition) is 3. The van der Waals surface area contributed by atoms with Crippen LogP contribution in [0.15, 0.2) is 35.3 Å². The van der Waals surface area contributed by atoms with Gasteiger partial charge in [-0.05, 0) is 12.1 Å². The molecule has 4 nitrogen and oxygen atoms in total. The second-order valence-corrected chi connectivity index (χ2v) is 3.07. The van der Waals surface area contributed by atoms with Crippen LogP contribution in [-0.2, 0) is 13.5 Å². The summed E-state index contributed by atoms with van der Waals surface area (Å²) in [5, 5.41) is 0. The number of aryl methyl sites for hydroxylation is 1. The molecule has 0 bridgehead atoms. The van der Waals surface area contributed by atoms with Crippen LogP contribution in [0.2, 0.25) is 0 Å². The van der Waals surface area contributed by atoms with Crippen molar-refractivity contribution in [1.82, 2.24) is 9.55 Å². The molecular formula is C10H10N2O2. The number of Topliss-reactive ketones (excluding diaryl/α,β-unsaturated/α-hetero) is 1. The third-order valence-electron chi connectivity index (χ3n) is 2.02. The molecular weight excluding hydrogens is 180 g/mol. The zero-order valence-electron chi connectivity index (χ0n) is 7.80. The summed E-state index contributed by atoms with van der Waals surface area (Å²) in [5.41, 5.74) is 0.599. The molecule has 2 heterocycles. The second-order valence-electron chi connectivity index (χ2n) is 3.07. The minimum absolute atomic E-state index is 0.0138. The van der Waals surface area contributed by atoms with E-state index in [1.54, 1.807) is 42.5 Å². The highest BCUT2D eigenvalue weighted by Gasteiger charge is 2.11. The van der Waals surface area contributed by atoms with Crippen molar-refractivity contribution in [1.29, 1.82) is 0 Å². The van der Waals surface area contributed by atoms with Crippen LogP contribution >= 0.6 is 0 Å². The van der Waals surface area contributed by atoms with Crippen molar-refractivity contribution in [3.63, 3.8) is 0 Å². The third kappa shape index (κ3) is 1.59. The lowest BCUT2D eigenvalue weighted by Crippen LogP contribution is -2.07. The average Bonchev–Trinajstić information content (AvgIpc) is 2.75. The zero-order chi connectivity index (χ0) is 9.97. The van der Waals surface area contributed by atoms with E-state index in [1.165, 1.54) is 0 Å². The summed E-state index contributed by atoms with van der Waals surface area (Å²) in [7, 11) is 1.79. The van der Waals surface area contributed by atoms with Gasteiger partial charge in [0.15, 0.2) is 5.78 Å². The Morgan fingerprint density at radius 3 is 3.07 bits per heavy atom. The van der Waals surface area contributed by atoms with Crippen molar-refractivity contribution < 1.29 is 9.21 Å². The Morgan fingerprint density at radius 2 is 2.50 bits per heavy atom. The van der Waals surface area contributed by atoms with E-state index in [2.05, 4.69) is 4.98 Å². The van der Waals surface area contributed by atoms with E-state index in [9.17, 15) is 4.79 Å². The van der Waals surface area contributed by atoms with Crippen molar-refractivity contribution in [2.24, 2.45) is 7.05 Å². The molecule has 0 aromatic carbocycles. The van der Waals surface area contributed by atoms with Gasteiger partial charge in [0.25, 0.3) is 0 Å². The molecule has 0 atom stereocenters. The summed E-state index contributed by atoms with van der Waals surface area (Å²) in [4.78, 5) is 15.6. The third-order valence-corrected chi connectivity index (χ3v) is 2.02. The highest BCUT2D eigenvalue weighted by Crippen LogP contribution is 2.06. The summed E-state index contributed by atoms with van der Waals surface area (Å²) < 4.78 is 6.79. The lowest BCUT2D eigenvalue weighted by Gasteiger charge is -1.98. The topological polar surface area (TPSA) is 48.0 Å². The Kier molecular flexibility index (Phi) is 2.18. The summed E-state index contributed by atoms with van der Waals surface area (Å²) in [6, 6.07) is 3.56. The van der Waals surface area contributed by atoms with Crippen molar-refractivity contribution in [2.75, 3.05) is 0 Å². The maximum absolute atomic E-state index is 11.7. The van der Waals surface area contributed by atoms with E-state index in [1.807, 2.05) is 0 Å². The Hall–Kier alpha value is -1.84. The van der Waals surface area contributed by atoms with Crippen LogP contribution in [0.1, 0.15) is 16.2 Å². The van der Waals surface area contributed by atoms with Crippen LogP contribution in [0.4, 0.5) is 0 Å². The van der Waals surface area contributed by atoms with E-state index in [0.717, 1.165) is 0 Å². The number of hydrogen-bond donors (Lipinski definition) is 0. The van der Waals surface area contributed by atoms with Crippen LogP contribution in [0.3, 0.4) is 0 Å². The van der Waals surface area contributed by atoms with Crippen molar-refractivity contribution in [3.8, 4) is 0 Å². The van der Waals surface area contributed by atoms with Gasteiger partial charge >= 0.3 is 0 Å². The van der Waals surface area contributed by atoms with Crippen LogP contribution in [0.5, 0.6) is 0 Å². The molecule has 72 valence electrons. The van der Waals surface area contributed by atoms with Crippen LogP contribution in [0, 0.1) is 0 Å². The van der Waals surface area contributed by atoms with E-state index >= 15 is 0 Å². The molecule has 0 radical (unpaired) electrons. The van der Waals surface area contributed by atoms with Gasteiger partial charge in [-0.2, -0.15) is 0 Å². The van der Waals surface area contributed by atoms with Gasteiger partial charge in [-0.1, -0.05) is 0 Å². The molecule has 2 aromatic rings. The van der Waals surface area contributed by atoms with Gasteiger partial charge in [-0.3, -0.25) is 4.79 Å². The first-order valence-corrected chi connectivity index (χ1v) is 4.29. The number of carbonyl (C=O) groups is 1. The Morgan fingerprint density at radius 1 is 1.64 bits per heavy atom. The minimum Gasteiger partial charge on any atom is -0.469 e. The van der Waals surface area contributed by atoms with E-state index in [-0.39, 0.29) is 12.2 Å². The average molecular weight is 190 g/mol. The molecule has 0 unspecified atom stereocenters. The number of furan rings is 1. The predicted octanol–water partition coefficient (Wildman–Crippen LogP) is 1.44. The first kappa shape index (κ1) is 8.74. The SMILES string of the molecule is Cn1cncc1C(=O)Cc1ccco1. The quantitative estimate of drug-likeness (QED) is 0.688. The number of rotatable bonds is 3. The first-order valence-electron chi connectivity index (χ1n) is 4.29. The Labute approximate surface area is 81.2 Å². The number of imidazole rings is 1. The van der Waals surface area contributed by atoms with Gasteiger partial charge in [0, 0.05) is 7.05 Å². The summed E-state index contributed by atoms with van der Waals surface area (Å²) in [5.74, 6) is 0.691. The smallest absolute Gasteiger partial charge is 0.188 e. The molecule has 2 rings (SSSR count). The highest BCUT2D eigenvalue weighted by molar-refractivity contribution is 5.95.